The molecule has 0 spiro atoms. The molecule has 0 aliphatic carbocycles. The maximum absolute atomic E-state index is 14.2. The summed E-state index contributed by atoms with van der Waals surface area (Å²) < 4.78 is 14.2. The molecule has 1 aliphatic heterocycles. The number of hydrogen-bond acceptors (Lipinski definition) is 4. The van der Waals surface area contributed by atoms with Crippen molar-refractivity contribution in [1.82, 2.24) is 14.9 Å². The second-order valence-corrected chi connectivity index (χ2v) is 8.72. The predicted octanol–water partition coefficient (Wildman–Crippen LogP) is 5.14. The summed E-state index contributed by atoms with van der Waals surface area (Å²) in [6, 6.07) is 26.4. The van der Waals surface area contributed by atoms with Gasteiger partial charge in [0.2, 0.25) is 0 Å². The molecule has 0 unspecified atom stereocenters. The van der Waals surface area contributed by atoms with Gasteiger partial charge >= 0.3 is 0 Å². The van der Waals surface area contributed by atoms with Crippen molar-refractivity contribution in [2.24, 2.45) is 0 Å². The zero-order valence-corrected chi connectivity index (χ0v) is 19.7. The third-order valence-corrected chi connectivity index (χ3v) is 6.42. The van der Waals surface area contributed by atoms with Gasteiger partial charge in [0, 0.05) is 49.4 Å². The molecule has 5 nitrogen and oxygen atoms in total. The molecule has 1 fully saturated rings. The first-order valence-electron chi connectivity index (χ1n) is 11.9. The van der Waals surface area contributed by atoms with Crippen LogP contribution in [0.2, 0.25) is 0 Å². The molecule has 5 rings (SSSR count). The second kappa shape index (κ2) is 10.1. The average Bonchev–Trinajstić information content (AvgIpc) is 2.91. The Morgan fingerprint density at radius 2 is 1.46 bits per heavy atom. The van der Waals surface area contributed by atoms with Gasteiger partial charge in [0.25, 0.3) is 5.91 Å². The minimum absolute atomic E-state index is 0.120. The van der Waals surface area contributed by atoms with Crippen LogP contribution in [-0.2, 0) is 6.42 Å². The van der Waals surface area contributed by atoms with E-state index in [2.05, 4.69) is 17.0 Å². The number of hydrogen-bond donors (Lipinski definition) is 0. The summed E-state index contributed by atoms with van der Waals surface area (Å²) in [5.74, 6) is 0.845. The van der Waals surface area contributed by atoms with Gasteiger partial charge in [0.05, 0.1) is 5.56 Å². The second-order valence-electron chi connectivity index (χ2n) is 8.72. The summed E-state index contributed by atoms with van der Waals surface area (Å²) in [5, 5.41) is 0. The van der Waals surface area contributed by atoms with Crippen molar-refractivity contribution >= 4 is 11.7 Å². The van der Waals surface area contributed by atoms with Gasteiger partial charge in [0.1, 0.15) is 11.6 Å². The monoisotopic (exact) mass is 466 g/mol. The summed E-state index contributed by atoms with van der Waals surface area (Å²) in [4.78, 5) is 26.7. The Bertz CT molecular complexity index is 1320. The summed E-state index contributed by atoms with van der Waals surface area (Å²) in [6.07, 6.45) is 0.728. The molecule has 0 saturated carbocycles. The smallest absolute Gasteiger partial charge is 0.256 e. The molecule has 35 heavy (non-hydrogen) atoms. The van der Waals surface area contributed by atoms with Gasteiger partial charge in [-0.1, -0.05) is 72.8 Å². The molecule has 6 heteroatoms. The van der Waals surface area contributed by atoms with Crippen LogP contribution in [0.3, 0.4) is 0 Å². The highest BCUT2D eigenvalue weighted by Gasteiger charge is 2.27. The molecule has 1 aromatic heterocycles. The van der Waals surface area contributed by atoms with E-state index in [4.69, 9.17) is 9.97 Å². The largest absolute Gasteiger partial charge is 0.353 e. The number of carbonyl (C=O) groups excluding carboxylic acids is 1. The fourth-order valence-corrected chi connectivity index (χ4v) is 4.49. The fraction of sp³-hybridized carbons (Fsp3) is 0.207. The molecule has 0 radical (unpaired) electrons. The zero-order valence-electron chi connectivity index (χ0n) is 19.7. The highest BCUT2D eigenvalue weighted by Crippen LogP contribution is 2.28. The van der Waals surface area contributed by atoms with E-state index in [0.29, 0.717) is 32.0 Å². The summed E-state index contributed by atoms with van der Waals surface area (Å²) >= 11 is 0. The van der Waals surface area contributed by atoms with Crippen LogP contribution in [0.5, 0.6) is 0 Å². The van der Waals surface area contributed by atoms with Crippen LogP contribution < -0.4 is 4.90 Å². The van der Waals surface area contributed by atoms with E-state index in [0.717, 1.165) is 29.1 Å². The molecule has 1 aliphatic rings. The molecular formula is C29H27FN4O. The van der Waals surface area contributed by atoms with E-state index in [-0.39, 0.29) is 11.5 Å². The van der Waals surface area contributed by atoms with Crippen molar-refractivity contribution in [2.75, 3.05) is 31.1 Å². The van der Waals surface area contributed by atoms with Crippen molar-refractivity contribution in [1.29, 1.82) is 0 Å². The van der Waals surface area contributed by atoms with Crippen LogP contribution in [-0.4, -0.2) is 47.0 Å². The summed E-state index contributed by atoms with van der Waals surface area (Å²) in [6.45, 7) is 4.27. The fourth-order valence-electron chi connectivity index (χ4n) is 4.49. The quantitative estimate of drug-likeness (QED) is 0.409. The van der Waals surface area contributed by atoms with Crippen LogP contribution in [0.1, 0.15) is 27.2 Å². The Morgan fingerprint density at radius 3 is 2.14 bits per heavy atom. The van der Waals surface area contributed by atoms with E-state index in [1.165, 1.54) is 11.6 Å². The van der Waals surface area contributed by atoms with Gasteiger partial charge < -0.3 is 9.80 Å². The van der Waals surface area contributed by atoms with Crippen LogP contribution in [0.25, 0.3) is 11.4 Å². The first-order chi connectivity index (χ1) is 17.1. The Kier molecular flexibility index (Phi) is 6.53. The van der Waals surface area contributed by atoms with Gasteiger partial charge in [0.15, 0.2) is 5.82 Å². The van der Waals surface area contributed by atoms with E-state index in [1.54, 1.807) is 23.1 Å². The maximum Gasteiger partial charge on any atom is 0.256 e. The number of amides is 1. The Hall–Kier alpha value is -4.06. The number of anilines is 1. The van der Waals surface area contributed by atoms with Crippen molar-refractivity contribution in [3.8, 4) is 11.4 Å². The first-order valence-corrected chi connectivity index (χ1v) is 11.9. The van der Waals surface area contributed by atoms with Crippen LogP contribution in [0, 0.1) is 12.7 Å². The highest BCUT2D eigenvalue weighted by atomic mass is 19.1. The summed E-state index contributed by atoms with van der Waals surface area (Å²) in [7, 11) is 0. The standard InChI is InChI=1S/C29H27FN4O/c1-21-25(20-22-10-4-2-5-11-22)28(32-27(31-21)23-12-6-3-7-13-23)33-16-18-34(19-17-33)29(35)24-14-8-9-15-26(24)30/h2-15H,16-20H2,1H3. The van der Waals surface area contributed by atoms with Crippen LogP contribution in [0.15, 0.2) is 84.9 Å². The molecule has 0 bridgehead atoms. The van der Waals surface area contributed by atoms with E-state index < -0.39 is 5.82 Å². The van der Waals surface area contributed by atoms with Gasteiger partial charge in [-0.15, -0.1) is 0 Å². The number of halogens is 1. The van der Waals surface area contributed by atoms with Crippen molar-refractivity contribution in [3.05, 3.63) is 113 Å². The molecule has 1 saturated heterocycles. The lowest BCUT2D eigenvalue weighted by atomic mass is 10.0. The number of aryl methyl sites for hydroxylation is 1. The molecule has 0 N–H and O–H groups in total. The zero-order chi connectivity index (χ0) is 24.2. The number of piperazine rings is 1. The number of carbonyl (C=O) groups is 1. The molecule has 4 aromatic rings. The molecule has 3 aromatic carbocycles. The van der Waals surface area contributed by atoms with E-state index >= 15 is 0 Å². The topological polar surface area (TPSA) is 49.3 Å². The minimum atomic E-state index is -0.482. The third-order valence-electron chi connectivity index (χ3n) is 6.42. The number of benzene rings is 3. The van der Waals surface area contributed by atoms with E-state index in [9.17, 15) is 9.18 Å². The van der Waals surface area contributed by atoms with Crippen molar-refractivity contribution in [3.63, 3.8) is 0 Å². The minimum Gasteiger partial charge on any atom is -0.353 e. The summed E-state index contributed by atoms with van der Waals surface area (Å²) in [5.41, 5.74) is 4.32. The Morgan fingerprint density at radius 1 is 0.829 bits per heavy atom. The average molecular weight is 467 g/mol. The third kappa shape index (κ3) is 4.92. The Labute approximate surface area is 204 Å². The van der Waals surface area contributed by atoms with Gasteiger partial charge in [-0.2, -0.15) is 0 Å². The van der Waals surface area contributed by atoms with Crippen LogP contribution in [0.4, 0.5) is 10.2 Å². The van der Waals surface area contributed by atoms with E-state index in [1.807, 2.05) is 55.5 Å². The van der Waals surface area contributed by atoms with Crippen molar-refractivity contribution < 1.29 is 9.18 Å². The number of rotatable bonds is 5. The molecule has 2 heterocycles. The van der Waals surface area contributed by atoms with Gasteiger partial charge in [-0.3, -0.25) is 4.79 Å². The lowest BCUT2D eigenvalue weighted by Gasteiger charge is -2.36. The maximum atomic E-state index is 14.2. The highest BCUT2D eigenvalue weighted by molar-refractivity contribution is 5.94. The molecule has 176 valence electrons. The van der Waals surface area contributed by atoms with Gasteiger partial charge in [-0.05, 0) is 24.6 Å². The number of nitrogens with zero attached hydrogens (tertiary/aromatic N) is 4. The Balaban J connectivity index is 1.44. The molecule has 1 amide bonds. The predicted molar refractivity (Wildman–Crippen MR) is 136 cm³/mol. The lowest BCUT2D eigenvalue weighted by molar-refractivity contribution is 0.0741. The molecule has 0 atom stereocenters. The lowest BCUT2D eigenvalue weighted by Crippen LogP contribution is -2.49. The number of aromatic nitrogens is 2. The first kappa shape index (κ1) is 22.7. The SMILES string of the molecule is Cc1nc(-c2ccccc2)nc(N2CCN(C(=O)c3ccccc3F)CC2)c1Cc1ccccc1. The molecular weight excluding hydrogens is 439 g/mol. The van der Waals surface area contributed by atoms with Gasteiger partial charge in [-0.25, -0.2) is 14.4 Å². The van der Waals surface area contributed by atoms with Crippen LogP contribution >= 0.6 is 0 Å². The normalized spacial score (nSPS) is 13.7. The van der Waals surface area contributed by atoms with Crippen molar-refractivity contribution in [2.45, 2.75) is 13.3 Å².